The summed E-state index contributed by atoms with van der Waals surface area (Å²) in [6.07, 6.45) is 3.35. The molecular formula is C16H19N3O. The number of nitrogens with two attached hydrogens (primary N) is 1. The molecule has 0 spiro atoms. The Labute approximate surface area is 119 Å². The largest absolute Gasteiger partial charge is 0.323 e. The summed E-state index contributed by atoms with van der Waals surface area (Å²) >= 11 is 0. The van der Waals surface area contributed by atoms with Crippen molar-refractivity contribution in [1.82, 2.24) is 4.98 Å². The van der Waals surface area contributed by atoms with E-state index in [1.54, 1.807) is 30.4 Å². The van der Waals surface area contributed by atoms with Gasteiger partial charge in [0.25, 0.3) is 0 Å². The summed E-state index contributed by atoms with van der Waals surface area (Å²) in [5.74, 6) is -0.322. The number of benzene rings is 1. The molecule has 1 amide bonds. The van der Waals surface area contributed by atoms with E-state index in [9.17, 15) is 4.79 Å². The Balaban J connectivity index is 2.13. The Morgan fingerprint density at radius 3 is 2.50 bits per heavy atom. The molecule has 1 aromatic heterocycles. The summed E-state index contributed by atoms with van der Waals surface area (Å²) in [7, 11) is 1.74. The number of nitrogens with zero attached hydrogens (tertiary/aromatic N) is 2. The second-order valence-corrected chi connectivity index (χ2v) is 4.83. The molecule has 0 radical (unpaired) electrons. The maximum atomic E-state index is 12.5. The third-order valence-corrected chi connectivity index (χ3v) is 3.48. The van der Waals surface area contributed by atoms with Crippen molar-refractivity contribution in [3.8, 4) is 0 Å². The van der Waals surface area contributed by atoms with Crippen LogP contribution in [0.1, 0.15) is 18.5 Å². The minimum atomic E-state index is -0.317. The first kappa shape index (κ1) is 14.2. The number of aromatic nitrogens is 1. The van der Waals surface area contributed by atoms with Crippen molar-refractivity contribution in [2.45, 2.75) is 13.0 Å². The Morgan fingerprint density at radius 1 is 1.20 bits per heavy atom. The number of hydrogen-bond donors (Lipinski definition) is 1. The van der Waals surface area contributed by atoms with Gasteiger partial charge in [0.2, 0.25) is 5.91 Å². The minimum Gasteiger partial charge on any atom is -0.323 e. The van der Waals surface area contributed by atoms with Crippen molar-refractivity contribution < 1.29 is 4.79 Å². The van der Waals surface area contributed by atoms with Crippen molar-refractivity contribution in [3.63, 3.8) is 0 Å². The first-order chi connectivity index (χ1) is 9.61. The smallest absolute Gasteiger partial charge is 0.231 e. The van der Waals surface area contributed by atoms with Crippen molar-refractivity contribution >= 4 is 11.6 Å². The van der Waals surface area contributed by atoms with Crippen LogP contribution in [0.3, 0.4) is 0 Å². The molecule has 1 heterocycles. The Kier molecular flexibility index (Phi) is 4.48. The van der Waals surface area contributed by atoms with Crippen molar-refractivity contribution in [2.24, 2.45) is 11.7 Å². The maximum absolute atomic E-state index is 12.5. The van der Waals surface area contributed by atoms with Crippen LogP contribution in [0.4, 0.5) is 5.69 Å². The van der Waals surface area contributed by atoms with Gasteiger partial charge < -0.3 is 10.6 Å². The van der Waals surface area contributed by atoms with Gasteiger partial charge in [0.1, 0.15) is 0 Å². The van der Waals surface area contributed by atoms with Gasteiger partial charge in [-0.1, -0.05) is 37.3 Å². The number of amides is 1. The summed E-state index contributed by atoms with van der Waals surface area (Å²) < 4.78 is 0. The molecule has 104 valence electrons. The van der Waals surface area contributed by atoms with Gasteiger partial charge >= 0.3 is 0 Å². The molecule has 4 nitrogen and oxygen atoms in total. The molecular weight excluding hydrogens is 250 g/mol. The van der Waals surface area contributed by atoms with Crippen LogP contribution in [-0.2, 0) is 4.79 Å². The molecule has 1 aromatic carbocycles. The molecule has 2 atom stereocenters. The van der Waals surface area contributed by atoms with Crippen molar-refractivity contribution in [3.05, 3.63) is 60.4 Å². The number of hydrogen-bond acceptors (Lipinski definition) is 3. The summed E-state index contributed by atoms with van der Waals surface area (Å²) in [6, 6.07) is 13.0. The lowest BCUT2D eigenvalue weighted by molar-refractivity contribution is -0.122. The molecule has 20 heavy (non-hydrogen) atoms. The second-order valence-electron chi connectivity index (χ2n) is 4.83. The van der Waals surface area contributed by atoms with Crippen LogP contribution in [0.25, 0.3) is 0 Å². The summed E-state index contributed by atoms with van der Waals surface area (Å²) in [5.41, 5.74) is 7.93. The zero-order valence-corrected chi connectivity index (χ0v) is 11.7. The van der Waals surface area contributed by atoms with Gasteiger partial charge in [-0.05, 0) is 17.7 Å². The lowest BCUT2D eigenvalue weighted by Gasteiger charge is -2.25. The molecule has 0 fully saturated rings. The average Bonchev–Trinajstić information content (AvgIpc) is 2.53. The van der Waals surface area contributed by atoms with E-state index in [-0.39, 0.29) is 17.9 Å². The third-order valence-electron chi connectivity index (χ3n) is 3.48. The van der Waals surface area contributed by atoms with Crippen LogP contribution >= 0.6 is 0 Å². The highest BCUT2D eigenvalue weighted by atomic mass is 16.2. The molecule has 4 heteroatoms. The van der Waals surface area contributed by atoms with Crippen LogP contribution < -0.4 is 10.6 Å². The normalized spacial score (nSPS) is 13.6. The van der Waals surface area contributed by atoms with E-state index in [0.717, 1.165) is 11.3 Å². The number of anilines is 1. The van der Waals surface area contributed by atoms with E-state index in [2.05, 4.69) is 4.98 Å². The van der Waals surface area contributed by atoms with Crippen molar-refractivity contribution in [2.75, 3.05) is 11.9 Å². The topological polar surface area (TPSA) is 59.2 Å². The zero-order chi connectivity index (χ0) is 14.5. The van der Waals surface area contributed by atoms with Crippen LogP contribution in [0.15, 0.2) is 54.9 Å². The number of carbonyl (C=O) groups is 1. The molecule has 2 rings (SSSR count). The van der Waals surface area contributed by atoms with E-state index >= 15 is 0 Å². The fraction of sp³-hybridized carbons (Fsp3) is 0.250. The van der Waals surface area contributed by atoms with Gasteiger partial charge in [-0.2, -0.15) is 0 Å². The highest BCUT2D eigenvalue weighted by Crippen LogP contribution is 2.22. The molecule has 2 N–H and O–H groups in total. The number of pyridine rings is 1. The Hall–Kier alpha value is -2.20. The van der Waals surface area contributed by atoms with Crippen LogP contribution in [-0.4, -0.2) is 17.9 Å². The highest BCUT2D eigenvalue weighted by Gasteiger charge is 2.25. The lowest BCUT2D eigenvalue weighted by Crippen LogP contribution is -2.37. The van der Waals surface area contributed by atoms with Gasteiger partial charge in [0.05, 0.1) is 17.8 Å². The molecule has 0 saturated heterocycles. The minimum absolute atomic E-state index is 0.0191. The zero-order valence-electron chi connectivity index (χ0n) is 11.7. The molecule has 0 aliphatic heterocycles. The third kappa shape index (κ3) is 3.03. The molecule has 2 unspecified atom stereocenters. The Bertz CT molecular complexity index is 556. The highest BCUT2D eigenvalue weighted by molar-refractivity contribution is 5.94. The SMILES string of the molecule is CC(C(=O)N(C)c1cccnc1)C(N)c1ccccc1. The van der Waals surface area contributed by atoms with E-state index in [1.165, 1.54) is 0 Å². The fourth-order valence-corrected chi connectivity index (χ4v) is 2.10. The summed E-state index contributed by atoms with van der Waals surface area (Å²) in [5, 5.41) is 0. The maximum Gasteiger partial charge on any atom is 0.231 e. The predicted octanol–water partition coefficient (Wildman–Crippen LogP) is 2.38. The van der Waals surface area contributed by atoms with E-state index < -0.39 is 0 Å². The average molecular weight is 269 g/mol. The molecule has 0 saturated carbocycles. The van der Waals surface area contributed by atoms with Gasteiger partial charge in [0.15, 0.2) is 0 Å². The predicted molar refractivity (Wildman–Crippen MR) is 80.2 cm³/mol. The van der Waals surface area contributed by atoms with Gasteiger partial charge in [-0.15, -0.1) is 0 Å². The van der Waals surface area contributed by atoms with E-state index in [0.29, 0.717) is 0 Å². The first-order valence-electron chi connectivity index (χ1n) is 6.59. The molecule has 2 aromatic rings. The monoisotopic (exact) mass is 269 g/mol. The first-order valence-corrected chi connectivity index (χ1v) is 6.59. The second kappa shape index (κ2) is 6.30. The number of carbonyl (C=O) groups excluding carboxylic acids is 1. The van der Waals surface area contributed by atoms with Crippen molar-refractivity contribution in [1.29, 1.82) is 0 Å². The standard InChI is InChI=1S/C16H19N3O/c1-12(15(17)13-7-4-3-5-8-13)16(20)19(2)14-9-6-10-18-11-14/h3-12,15H,17H2,1-2H3. The summed E-state index contributed by atoms with van der Waals surface area (Å²) in [6.45, 7) is 1.85. The van der Waals surface area contributed by atoms with Gasteiger partial charge in [-0.3, -0.25) is 9.78 Å². The lowest BCUT2D eigenvalue weighted by atomic mass is 9.94. The molecule has 0 aliphatic rings. The fourth-order valence-electron chi connectivity index (χ4n) is 2.10. The van der Waals surface area contributed by atoms with E-state index in [4.69, 9.17) is 5.73 Å². The molecule has 0 aliphatic carbocycles. The van der Waals surface area contributed by atoms with Crippen LogP contribution in [0, 0.1) is 5.92 Å². The quantitative estimate of drug-likeness (QED) is 0.927. The van der Waals surface area contributed by atoms with Gasteiger partial charge in [-0.25, -0.2) is 0 Å². The molecule has 0 bridgehead atoms. The Morgan fingerprint density at radius 2 is 1.90 bits per heavy atom. The number of rotatable bonds is 4. The van der Waals surface area contributed by atoms with E-state index in [1.807, 2.05) is 43.3 Å². The summed E-state index contributed by atoms with van der Waals surface area (Å²) in [4.78, 5) is 18.1. The van der Waals surface area contributed by atoms with Crippen LogP contribution in [0.5, 0.6) is 0 Å². The van der Waals surface area contributed by atoms with Gasteiger partial charge in [0, 0.05) is 19.3 Å². The van der Waals surface area contributed by atoms with Crippen LogP contribution in [0.2, 0.25) is 0 Å².